The molecule has 0 unspecified atom stereocenters. The number of benzene rings is 2. The van der Waals surface area contributed by atoms with Gasteiger partial charge in [-0.25, -0.2) is 9.37 Å². The second kappa shape index (κ2) is 10.4. The second-order valence-electron chi connectivity index (χ2n) is 8.66. The summed E-state index contributed by atoms with van der Waals surface area (Å²) < 4.78 is 22.4. The Kier molecular flexibility index (Phi) is 6.85. The summed E-state index contributed by atoms with van der Waals surface area (Å²) in [4.78, 5) is 17.1. The summed E-state index contributed by atoms with van der Waals surface area (Å²) in [7, 11) is 0. The molecule has 3 heterocycles. The van der Waals surface area contributed by atoms with Crippen molar-refractivity contribution in [3.05, 3.63) is 75.8 Å². The van der Waals surface area contributed by atoms with Gasteiger partial charge in [0.25, 0.3) is 0 Å². The summed E-state index contributed by atoms with van der Waals surface area (Å²) in [6, 6.07) is 12.5. The van der Waals surface area contributed by atoms with Crippen LogP contribution in [0.2, 0.25) is 0 Å². The number of halogens is 1. The first kappa shape index (κ1) is 23.2. The van der Waals surface area contributed by atoms with Gasteiger partial charge in [-0.1, -0.05) is 24.1 Å². The van der Waals surface area contributed by atoms with E-state index in [-0.39, 0.29) is 18.0 Å². The molecule has 1 aliphatic heterocycles. The van der Waals surface area contributed by atoms with E-state index in [0.717, 1.165) is 59.9 Å². The van der Waals surface area contributed by atoms with Gasteiger partial charge in [0, 0.05) is 23.9 Å². The molecule has 5 rings (SSSR count). The first-order chi connectivity index (χ1) is 17.0. The normalized spacial score (nSPS) is 13.2. The number of nitrogens with one attached hydrogen (secondary N) is 1. The first-order valence-electron chi connectivity index (χ1n) is 11.7. The van der Waals surface area contributed by atoms with E-state index < -0.39 is 5.82 Å². The predicted octanol–water partition coefficient (Wildman–Crippen LogP) is 5.34. The van der Waals surface area contributed by atoms with Crippen LogP contribution in [0.3, 0.4) is 0 Å². The number of amides is 1. The number of hydrogen-bond acceptors (Lipinski definition) is 6. The summed E-state index contributed by atoms with van der Waals surface area (Å²) in [5.74, 6) is 1.60. The Morgan fingerprint density at radius 3 is 2.86 bits per heavy atom. The lowest BCUT2D eigenvalue weighted by molar-refractivity contribution is -0.115. The highest BCUT2D eigenvalue weighted by atomic mass is 32.1. The maximum absolute atomic E-state index is 14.5. The molecule has 0 saturated carbocycles. The quantitative estimate of drug-likeness (QED) is 0.378. The van der Waals surface area contributed by atoms with Gasteiger partial charge in [-0.05, 0) is 50.1 Å². The molecular formula is C26H26FN5O2S. The highest BCUT2D eigenvalue weighted by Gasteiger charge is 2.18. The Balaban J connectivity index is 1.23. The van der Waals surface area contributed by atoms with Gasteiger partial charge in [0.1, 0.15) is 29.0 Å². The fourth-order valence-corrected chi connectivity index (χ4v) is 4.80. The third kappa shape index (κ3) is 5.57. The number of rotatable bonds is 7. The van der Waals surface area contributed by atoms with Crippen LogP contribution in [0, 0.1) is 12.7 Å². The van der Waals surface area contributed by atoms with Crippen molar-refractivity contribution in [1.29, 1.82) is 0 Å². The van der Waals surface area contributed by atoms with Gasteiger partial charge in [-0.2, -0.15) is 0 Å². The molecule has 9 heteroatoms. The van der Waals surface area contributed by atoms with Crippen LogP contribution in [0.1, 0.15) is 41.4 Å². The van der Waals surface area contributed by atoms with E-state index >= 15 is 0 Å². The van der Waals surface area contributed by atoms with Gasteiger partial charge >= 0.3 is 0 Å². The van der Waals surface area contributed by atoms with E-state index in [0.29, 0.717) is 18.1 Å². The molecule has 0 bridgehead atoms. The van der Waals surface area contributed by atoms with Crippen LogP contribution >= 0.6 is 11.3 Å². The van der Waals surface area contributed by atoms with Crippen molar-refractivity contribution in [1.82, 2.24) is 19.7 Å². The molecule has 1 aliphatic rings. The summed E-state index contributed by atoms with van der Waals surface area (Å²) >= 11 is 1.43. The van der Waals surface area contributed by atoms with Gasteiger partial charge < -0.3 is 14.6 Å². The number of aromatic nitrogens is 4. The van der Waals surface area contributed by atoms with Crippen molar-refractivity contribution >= 4 is 22.9 Å². The molecule has 1 amide bonds. The molecule has 2 aromatic heterocycles. The van der Waals surface area contributed by atoms with E-state index in [4.69, 9.17) is 4.74 Å². The van der Waals surface area contributed by atoms with Gasteiger partial charge in [0.05, 0.1) is 17.8 Å². The number of nitrogens with zero attached hydrogens (tertiary/aromatic N) is 4. The number of aryl methyl sites for hydroxylation is 2. The average molecular weight is 492 g/mol. The molecule has 2 aromatic carbocycles. The average Bonchev–Trinajstić information content (AvgIpc) is 3.40. The largest absolute Gasteiger partial charge is 0.486 e. The molecule has 0 aliphatic carbocycles. The van der Waals surface area contributed by atoms with Gasteiger partial charge in [-0.3, -0.25) is 4.79 Å². The minimum atomic E-state index is -0.497. The zero-order chi connectivity index (χ0) is 24.2. The number of thiazole rings is 1. The highest BCUT2D eigenvalue weighted by Crippen LogP contribution is 2.27. The van der Waals surface area contributed by atoms with Crippen LogP contribution in [0.5, 0.6) is 5.75 Å². The lowest BCUT2D eigenvalue weighted by Gasteiger charge is -2.10. The monoisotopic (exact) mass is 491 g/mol. The molecule has 4 aromatic rings. The second-order valence-corrected chi connectivity index (χ2v) is 9.60. The molecule has 0 spiro atoms. The summed E-state index contributed by atoms with van der Waals surface area (Å²) in [5, 5.41) is 13.9. The van der Waals surface area contributed by atoms with E-state index in [1.807, 2.05) is 36.6 Å². The molecule has 180 valence electrons. The molecule has 0 saturated heterocycles. The van der Waals surface area contributed by atoms with E-state index in [1.54, 1.807) is 12.1 Å². The molecular weight excluding hydrogens is 465 g/mol. The van der Waals surface area contributed by atoms with Gasteiger partial charge in [0.15, 0.2) is 5.82 Å². The lowest BCUT2D eigenvalue weighted by atomic mass is 10.1. The van der Waals surface area contributed by atoms with Crippen molar-refractivity contribution in [3.63, 3.8) is 0 Å². The number of anilines is 1. The van der Waals surface area contributed by atoms with Crippen LogP contribution in [-0.2, 0) is 30.8 Å². The van der Waals surface area contributed by atoms with Crippen LogP contribution in [0.15, 0.2) is 47.8 Å². The number of ether oxygens (including phenoxy) is 1. The van der Waals surface area contributed by atoms with Crippen molar-refractivity contribution in [3.8, 4) is 17.1 Å². The Bertz CT molecular complexity index is 1330. The number of carbonyl (C=O) groups excluding carboxylic acids is 1. The van der Waals surface area contributed by atoms with Gasteiger partial charge in [0.2, 0.25) is 5.91 Å². The first-order valence-corrected chi connectivity index (χ1v) is 12.6. The third-order valence-electron chi connectivity index (χ3n) is 5.93. The molecule has 35 heavy (non-hydrogen) atoms. The van der Waals surface area contributed by atoms with Crippen LogP contribution in [0.25, 0.3) is 11.4 Å². The SMILES string of the molecule is Cc1ccc(OCc2nc(CC(=O)Nc3cc(-c4nnc5n4CCCCC5)ccc3F)cs2)cc1. The molecule has 1 N–H and O–H groups in total. The third-order valence-corrected chi connectivity index (χ3v) is 6.80. The highest BCUT2D eigenvalue weighted by molar-refractivity contribution is 7.09. The zero-order valence-electron chi connectivity index (χ0n) is 19.5. The molecule has 7 nitrogen and oxygen atoms in total. The summed E-state index contributed by atoms with van der Waals surface area (Å²) in [5.41, 5.74) is 2.63. The standard InChI is InChI=1S/C26H26FN5O2S/c1-17-6-9-20(10-7-17)34-15-25-28-19(16-35-25)14-24(33)29-22-13-18(8-11-21(22)27)26-31-30-23-5-3-2-4-12-32(23)26/h6-11,13,16H,2-5,12,14-15H2,1H3,(H,29,33). The van der Waals surface area contributed by atoms with Crippen LogP contribution < -0.4 is 10.1 Å². The van der Waals surface area contributed by atoms with Crippen molar-refractivity contribution in [2.24, 2.45) is 0 Å². The zero-order valence-corrected chi connectivity index (χ0v) is 20.3. The van der Waals surface area contributed by atoms with E-state index in [2.05, 4.69) is 25.1 Å². The number of fused-ring (bicyclic) bond motifs is 1. The Morgan fingerprint density at radius 2 is 2.00 bits per heavy atom. The Labute approximate surface area is 207 Å². The predicted molar refractivity (Wildman–Crippen MR) is 133 cm³/mol. The summed E-state index contributed by atoms with van der Waals surface area (Å²) in [6.45, 7) is 3.19. The van der Waals surface area contributed by atoms with Crippen molar-refractivity contribution in [2.45, 2.75) is 52.2 Å². The van der Waals surface area contributed by atoms with Crippen molar-refractivity contribution < 1.29 is 13.9 Å². The van der Waals surface area contributed by atoms with Gasteiger partial charge in [-0.15, -0.1) is 21.5 Å². The van der Waals surface area contributed by atoms with E-state index in [1.165, 1.54) is 17.4 Å². The number of carbonyl (C=O) groups is 1. The molecule has 0 atom stereocenters. The lowest BCUT2D eigenvalue weighted by Crippen LogP contribution is -2.16. The van der Waals surface area contributed by atoms with Crippen LogP contribution in [0.4, 0.5) is 10.1 Å². The maximum Gasteiger partial charge on any atom is 0.230 e. The fraction of sp³-hybridized carbons (Fsp3) is 0.308. The topological polar surface area (TPSA) is 81.9 Å². The molecule has 0 fully saturated rings. The van der Waals surface area contributed by atoms with E-state index in [9.17, 15) is 9.18 Å². The minimum absolute atomic E-state index is 0.0467. The van der Waals surface area contributed by atoms with Crippen LogP contribution in [-0.4, -0.2) is 25.7 Å². The fourth-order valence-electron chi connectivity index (χ4n) is 4.09. The minimum Gasteiger partial charge on any atom is -0.486 e. The smallest absolute Gasteiger partial charge is 0.230 e. The Morgan fingerprint density at radius 1 is 1.14 bits per heavy atom. The summed E-state index contributed by atoms with van der Waals surface area (Å²) in [6.07, 6.45) is 4.26. The maximum atomic E-state index is 14.5. The number of hydrogen-bond donors (Lipinski definition) is 1. The Hall–Kier alpha value is -3.59. The van der Waals surface area contributed by atoms with Crippen molar-refractivity contribution in [2.75, 3.05) is 5.32 Å². The molecule has 0 radical (unpaired) electrons.